The maximum absolute atomic E-state index is 10.1. The van der Waals surface area contributed by atoms with Crippen molar-refractivity contribution < 1.29 is 9.63 Å². The van der Waals surface area contributed by atoms with E-state index in [2.05, 4.69) is 15.1 Å². The normalized spacial score (nSPS) is 24.9. The Morgan fingerprint density at radius 2 is 2.17 bits per heavy atom. The fraction of sp³-hybridized carbons (Fsp3) is 0.538. The molecule has 0 amide bonds. The highest BCUT2D eigenvalue weighted by molar-refractivity contribution is 5.47. The number of H-pyrrole nitrogens is 1. The molecule has 1 aliphatic rings. The quantitative estimate of drug-likeness (QED) is 0.799. The Kier molecular flexibility index (Phi) is 3.15. The molecular weight excluding hydrogens is 230 g/mol. The lowest BCUT2D eigenvalue weighted by Crippen LogP contribution is -2.17. The van der Waals surface area contributed by atoms with E-state index in [1.807, 2.05) is 18.3 Å². The zero-order valence-corrected chi connectivity index (χ0v) is 10.2. The summed E-state index contributed by atoms with van der Waals surface area (Å²) in [4.78, 5) is 7.45. The maximum atomic E-state index is 10.1. The van der Waals surface area contributed by atoms with Crippen molar-refractivity contribution >= 4 is 0 Å². The standard InChI is InChI=1S/C13H17N3O2/c17-11-7-3-1-2-5-9(11)13-15-12(16-18-13)10-6-4-8-14-10/h4,6,8-9,11,14,17H,1-3,5,7H2. The van der Waals surface area contributed by atoms with E-state index >= 15 is 0 Å². The highest BCUT2D eigenvalue weighted by atomic mass is 16.5. The monoisotopic (exact) mass is 247 g/mol. The van der Waals surface area contributed by atoms with E-state index in [4.69, 9.17) is 4.52 Å². The van der Waals surface area contributed by atoms with Gasteiger partial charge in [-0.25, -0.2) is 0 Å². The van der Waals surface area contributed by atoms with Crippen LogP contribution in [0.15, 0.2) is 22.9 Å². The largest absolute Gasteiger partial charge is 0.392 e. The van der Waals surface area contributed by atoms with Crippen LogP contribution in [0, 0.1) is 0 Å². The second kappa shape index (κ2) is 4.94. The molecule has 2 heterocycles. The molecule has 1 saturated carbocycles. The molecule has 1 fully saturated rings. The Hall–Kier alpha value is -1.62. The number of aromatic nitrogens is 3. The summed E-state index contributed by atoms with van der Waals surface area (Å²) in [5.74, 6) is 1.11. The van der Waals surface area contributed by atoms with Crippen molar-refractivity contribution in [1.82, 2.24) is 15.1 Å². The van der Waals surface area contributed by atoms with Crippen molar-refractivity contribution in [3.8, 4) is 11.5 Å². The molecular formula is C13H17N3O2. The van der Waals surface area contributed by atoms with Crippen LogP contribution in [0.2, 0.25) is 0 Å². The van der Waals surface area contributed by atoms with Crippen molar-refractivity contribution in [3.63, 3.8) is 0 Å². The van der Waals surface area contributed by atoms with Crippen LogP contribution in [-0.4, -0.2) is 26.3 Å². The van der Waals surface area contributed by atoms with Crippen molar-refractivity contribution in [2.45, 2.75) is 44.1 Å². The molecule has 0 aliphatic heterocycles. The molecule has 2 atom stereocenters. The van der Waals surface area contributed by atoms with E-state index in [0.29, 0.717) is 11.7 Å². The highest BCUT2D eigenvalue weighted by Gasteiger charge is 2.28. The summed E-state index contributed by atoms with van der Waals surface area (Å²) in [7, 11) is 0. The average molecular weight is 247 g/mol. The molecule has 18 heavy (non-hydrogen) atoms. The molecule has 2 aromatic heterocycles. The fourth-order valence-corrected chi connectivity index (χ4v) is 2.54. The Morgan fingerprint density at radius 3 is 3.00 bits per heavy atom. The first-order valence-corrected chi connectivity index (χ1v) is 6.50. The van der Waals surface area contributed by atoms with E-state index in [1.54, 1.807) is 0 Å². The van der Waals surface area contributed by atoms with Gasteiger partial charge in [-0.1, -0.05) is 24.4 Å². The Bertz CT molecular complexity index is 492. The van der Waals surface area contributed by atoms with E-state index in [-0.39, 0.29) is 12.0 Å². The van der Waals surface area contributed by atoms with Crippen molar-refractivity contribution in [3.05, 3.63) is 24.2 Å². The number of hydrogen-bond donors (Lipinski definition) is 2. The molecule has 5 nitrogen and oxygen atoms in total. The maximum Gasteiger partial charge on any atom is 0.232 e. The van der Waals surface area contributed by atoms with Gasteiger partial charge in [-0.15, -0.1) is 0 Å². The number of rotatable bonds is 2. The molecule has 3 rings (SSSR count). The molecule has 5 heteroatoms. The average Bonchev–Trinajstić information content (AvgIpc) is 3.00. The molecule has 2 N–H and O–H groups in total. The van der Waals surface area contributed by atoms with Crippen LogP contribution in [-0.2, 0) is 0 Å². The van der Waals surface area contributed by atoms with Gasteiger partial charge in [0.25, 0.3) is 0 Å². The molecule has 0 bridgehead atoms. The van der Waals surface area contributed by atoms with Gasteiger partial charge in [0.05, 0.1) is 17.7 Å². The van der Waals surface area contributed by atoms with Gasteiger partial charge in [0.1, 0.15) is 0 Å². The summed E-state index contributed by atoms with van der Waals surface area (Å²) in [5.41, 5.74) is 0.841. The first kappa shape index (κ1) is 11.5. The van der Waals surface area contributed by atoms with Gasteiger partial charge in [-0.2, -0.15) is 4.98 Å². The number of aliphatic hydroxyl groups is 1. The van der Waals surface area contributed by atoms with Crippen LogP contribution in [0.25, 0.3) is 11.5 Å². The van der Waals surface area contributed by atoms with E-state index < -0.39 is 0 Å². The second-order valence-electron chi connectivity index (χ2n) is 4.85. The Balaban J connectivity index is 1.83. The summed E-state index contributed by atoms with van der Waals surface area (Å²) in [5, 5.41) is 14.1. The SMILES string of the molecule is OC1CCCCCC1c1nc(-c2ccc[nH]2)no1. The zero-order chi connectivity index (χ0) is 12.4. The summed E-state index contributed by atoms with van der Waals surface area (Å²) in [6.45, 7) is 0. The number of nitrogens with zero attached hydrogens (tertiary/aromatic N) is 2. The third-order valence-electron chi connectivity index (χ3n) is 3.58. The predicted octanol–water partition coefficient (Wildman–Crippen LogP) is 2.47. The lowest BCUT2D eigenvalue weighted by molar-refractivity contribution is 0.119. The van der Waals surface area contributed by atoms with E-state index in [9.17, 15) is 5.11 Å². The number of aromatic amines is 1. The van der Waals surface area contributed by atoms with Gasteiger partial charge in [-0.3, -0.25) is 0 Å². The van der Waals surface area contributed by atoms with Crippen molar-refractivity contribution in [2.75, 3.05) is 0 Å². The fourth-order valence-electron chi connectivity index (χ4n) is 2.54. The lowest BCUT2D eigenvalue weighted by Gasteiger charge is -2.15. The summed E-state index contributed by atoms with van der Waals surface area (Å²) in [6, 6.07) is 3.80. The minimum absolute atomic E-state index is 0.0105. The first-order valence-electron chi connectivity index (χ1n) is 6.50. The van der Waals surface area contributed by atoms with Crippen LogP contribution in [0.1, 0.15) is 43.9 Å². The van der Waals surface area contributed by atoms with Crippen molar-refractivity contribution in [2.24, 2.45) is 0 Å². The molecule has 96 valence electrons. The molecule has 2 unspecified atom stereocenters. The molecule has 0 aromatic carbocycles. The predicted molar refractivity (Wildman–Crippen MR) is 65.9 cm³/mol. The Labute approximate surface area is 105 Å². The topological polar surface area (TPSA) is 74.9 Å². The number of hydrogen-bond acceptors (Lipinski definition) is 4. The Morgan fingerprint density at radius 1 is 1.28 bits per heavy atom. The van der Waals surface area contributed by atoms with Crippen LogP contribution >= 0.6 is 0 Å². The first-order chi connectivity index (χ1) is 8.84. The third kappa shape index (κ3) is 2.18. The smallest absolute Gasteiger partial charge is 0.232 e. The molecule has 2 aromatic rings. The number of nitrogens with one attached hydrogen (secondary N) is 1. The lowest BCUT2D eigenvalue weighted by atomic mass is 9.97. The zero-order valence-electron chi connectivity index (χ0n) is 10.2. The molecule has 0 saturated heterocycles. The van der Waals surface area contributed by atoms with E-state index in [0.717, 1.165) is 31.4 Å². The van der Waals surface area contributed by atoms with Gasteiger partial charge in [-0.05, 0) is 25.0 Å². The van der Waals surface area contributed by atoms with Gasteiger partial charge in [0.15, 0.2) is 0 Å². The molecule has 1 aliphatic carbocycles. The van der Waals surface area contributed by atoms with Crippen LogP contribution in [0.5, 0.6) is 0 Å². The minimum atomic E-state index is -0.357. The molecule has 0 radical (unpaired) electrons. The van der Waals surface area contributed by atoms with Crippen LogP contribution in [0.4, 0.5) is 0 Å². The summed E-state index contributed by atoms with van der Waals surface area (Å²) < 4.78 is 5.31. The van der Waals surface area contributed by atoms with Gasteiger partial charge in [0, 0.05) is 6.20 Å². The van der Waals surface area contributed by atoms with Crippen LogP contribution < -0.4 is 0 Å². The second-order valence-corrected chi connectivity index (χ2v) is 4.85. The molecule has 0 spiro atoms. The van der Waals surface area contributed by atoms with Gasteiger partial charge in [0.2, 0.25) is 11.7 Å². The van der Waals surface area contributed by atoms with Gasteiger partial charge >= 0.3 is 0 Å². The van der Waals surface area contributed by atoms with Gasteiger partial charge < -0.3 is 14.6 Å². The van der Waals surface area contributed by atoms with Crippen LogP contribution in [0.3, 0.4) is 0 Å². The minimum Gasteiger partial charge on any atom is -0.392 e. The third-order valence-corrected chi connectivity index (χ3v) is 3.58. The van der Waals surface area contributed by atoms with Crippen molar-refractivity contribution in [1.29, 1.82) is 0 Å². The number of aliphatic hydroxyl groups excluding tert-OH is 1. The summed E-state index contributed by atoms with van der Waals surface area (Å²) in [6.07, 6.45) is 6.58. The summed E-state index contributed by atoms with van der Waals surface area (Å²) >= 11 is 0. The highest BCUT2D eigenvalue weighted by Crippen LogP contribution is 2.31. The van der Waals surface area contributed by atoms with E-state index in [1.165, 1.54) is 6.42 Å².